The molecule has 6 nitrogen and oxygen atoms in total. The van der Waals surface area contributed by atoms with Gasteiger partial charge in [0.25, 0.3) is 0 Å². The third kappa shape index (κ3) is 22.1. The predicted octanol–water partition coefficient (Wildman–Crippen LogP) is 17.8. The molecule has 14 aromatic rings. The Kier molecular flexibility index (Phi) is 27.1. The van der Waals surface area contributed by atoms with E-state index in [-0.39, 0.29) is 101 Å². The summed E-state index contributed by atoms with van der Waals surface area (Å²) in [6.45, 7) is 0. The van der Waals surface area contributed by atoms with E-state index in [4.69, 9.17) is 12.6 Å². The molecule has 0 saturated heterocycles. The summed E-state index contributed by atoms with van der Waals surface area (Å²) >= 11 is 0. The summed E-state index contributed by atoms with van der Waals surface area (Å²) < 4.78 is 62.2. The van der Waals surface area contributed by atoms with Gasteiger partial charge in [0, 0.05) is 148 Å². The molecule has 85 heavy (non-hydrogen) atoms. The van der Waals surface area contributed by atoms with Gasteiger partial charge in [-0.05, 0) is 92.1 Å². The third-order valence-electron chi connectivity index (χ3n) is 11.5. The van der Waals surface area contributed by atoms with Crippen molar-refractivity contribution in [2.45, 2.75) is 0 Å². The molecule has 0 aliphatic heterocycles. The van der Waals surface area contributed by atoms with E-state index in [2.05, 4.69) is 78.4 Å². The number of aromatic nitrogens is 6. The van der Waals surface area contributed by atoms with Crippen molar-refractivity contribution in [3.63, 3.8) is 0 Å². The van der Waals surface area contributed by atoms with E-state index < -0.39 is 0 Å². The van der Waals surface area contributed by atoms with Crippen LogP contribution < -0.4 is 0 Å². The Hall–Kier alpha value is -7.57. The fourth-order valence-electron chi connectivity index (χ4n) is 7.70. The van der Waals surface area contributed by atoms with Crippen molar-refractivity contribution in [3.8, 4) is 67.5 Å². The van der Waals surface area contributed by atoms with Gasteiger partial charge in [-0.1, -0.05) is 97.1 Å². The largest absolute Gasteiger partial charge is 0.305 e. The predicted molar refractivity (Wildman–Crippen MR) is 328 cm³/mol. The van der Waals surface area contributed by atoms with E-state index in [0.29, 0.717) is 42.3 Å². The van der Waals surface area contributed by atoms with Crippen LogP contribution in [0.15, 0.2) is 316 Å². The first kappa shape index (κ1) is 57.8. The molecule has 0 amide bonds. The molecule has 0 aliphatic carbocycles. The Morgan fingerprint density at radius 1 is 0.247 bits per heavy atom. The van der Waals surface area contributed by atoms with Crippen molar-refractivity contribution in [1.82, 2.24) is 29.9 Å². The molecule has 431 valence electrons. The van der Waals surface area contributed by atoms with E-state index in [0.717, 1.165) is 89.1 Å². The van der Waals surface area contributed by atoms with Crippen LogP contribution in [0.4, 0.5) is 0 Å². The van der Waals surface area contributed by atoms with Crippen molar-refractivity contribution in [2.24, 2.45) is 0 Å². The van der Waals surface area contributed by atoms with Gasteiger partial charge >= 0.3 is 0 Å². The molecular formula is C74H54Ir5N6-6. The maximum absolute atomic E-state index is 7.65. The fourth-order valence-corrected chi connectivity index (χ4v) is 7.70. The summed E-state index contributed by atoms with van der Waals surface area (Å²) in [7, 11) is 0. The summed E-state index contributed by atoms with van der Waals surface area (Å²) in [5, 5.41) is 4.50. The second kappa shape index (κ2) is 39.9. The molecule has 5 radical (unpaired) electrons. The van der Waals surface area contributed by atoms with Crippen LogP contribution in [-0.2, 0) is 101 Å². The molecule has 8 aromatic carbocycles. The SMILES string of the molecule is [2H][2H].[2H]c1cc[c-]c(-c2ccccn2)c1.[2H]c1cc[c-]c(-c2ccccn2)c1.[2H]c1cc[c-]c(-c2nccc3ccccc23)c1.[2H]c1cc[c-]c(-c2nccc3ccccc23)c1.[2H]c1ccc(-c2[c-]ccc([2H])c2)nc1.[2H]c1ccc(-c2[c-]cccc2)nc1.[Ir].[Ir].[Ir].[Ir].[Ir]. The van der Waals surface area contributed by atoms with Crippen LogP contribution >= 0.6 is 0 Å². The third-order valence-corrected chi connectivity index (χ3v) is 11.5. The number of pyridine rings is 6. The van der Waals surface area contributed by atoms with Crippen LogP contribution in [0.2, 0.25) is 0 Å². The van der Waals surface area contributed by atoms with Crippen molar-refractivity contribution in [3.05, 3.63) is 352 Å². The summed E-state index contributed by atoms with van der Waals surface area (Å²) in [5.41, 5.74) is 10.3. The normalized spacial score (nSPS) is 10.7. The monoisotopic (exact) mass is 2000 g/mol. The summed E-state index contributed by atoms with van der Waals surface area (Å²) in [5.74, 6) is 0. The van der Waals surface area contributed by atoms with Gasteiger partial charge in [0.2, 0.25) is 0 Å². The molecule has 0 aliphatic rings. The Labute approximate surface area is 579 Å². The molecule has 6 heterocycles. The van der Waals surface area contributed by atoms with Gasteiger partial charge in [-0.15, -0.1) is 215 Å². The summed E-state index contributed by atoms with van der Waals surface area (Å²) in [4.78, 5) is 25.4. The van der Waals surface area contributed by atoms with Crippen LogP contribution in [0.3, 0.4) is 0 Å². The van der Waals surface area contributed by atoms with Gasteiger partial charge in [0.1, 0.15) is 0 Å². The number of hydrogen-bond acceptors (Lipinski definition) is 6. The number of benzene rings is 8. The fraction of sp³-hybridized carbons (Fsp3) is 0. The first-order valence-electron chi connectivity index (χ1n) is 29.8. The molecule has 11 heteroatoms. The maximum Gasteiger partial charge on any atom is 0.0638 e. The number of rotatable bonds is 6. The minimum Gasteiger partial charge on any atom is -0.305 e. The Bertz CT molecular complexity index is 4250. The molecule has 0 saturated carbocycles. The van der Waals surface area contributed by atoms with Gasteiger partial charge in [0.15, 0.2) is 0 Å². The topological polar surface area (TPSA) is 77.3 Å². The zero-order valence-electron chi connectivity index (χ0n) is 53.8. The molecule has 14 rings (SSSR count). The minimum absolute atomic E-state index is 0. The van der Waals surface area contributed by atoms with Crippen molar-refractivity contribution < 1.29 is 113 Å². The van der Waals surface area contributed by atoms with Gasteiger partial charge in [0.05, 0.1) is 2.74 Å². The van der Waals surface area contributed by atoms with Crippen LogP contribution in [-0.4, -0.2) is 29.9 Å². The Balaban J connectivity index is 0.000000290. The average Bonchev–Trinajstić information content (AvgIpc) is 0.831. The van der Waals surface area contributed by atoms with Crippen molar-refractivity contribution in [1.29, 1.82) is 0 Å². The van der Waals surface area contributed by atoms with E-state index >= 15 is 0 Å². The van der Waals surface area contributed by atoms with Gasteiger partial charge in [-0.25, -0.2) is 0 Å². The zero-order valence-corrected chi connectivity index (χ0v) is 56.8. The van der Waals surface area contributed by atoms with Gasteiger partial charge < -0.3 is 29.9 Å². The molecule has 6 aromatic heterocycles. The van der Waals surface area contributed by atoms with Gasteiger partial charge in [-0.3, -0.25) is 0 Å². The minimum atomic E-state index is 0. The molecule has 0 fully saturated rings. The molecule has 0 unspecified atom stereocenters. The molecule has 0 bridgehead atoms. The van der Waals surface area contributed by atoms with Gasteiger partial charge in [-0.2, -0.15) is 0 Å². The van der Waals surface area contributed by atoms with Crippen molar-refractivity contribution >= 4 is 21.5 Å². The van der Waals surface area contributed by atoms with Crippen LogP contribution in [0, 0.1) is 36.4 Å². The molecule has 0 spiro atoms. The second-order valence-corrected chi connectivity index (χ2v) is 16.8. The smallest absolute Gasteiger partial charge is 0.0638 e. The summed E-state index contributed by atoms with van der Waals surface area (Å²) in [6.07, 6.45) is 10.1. The van der Waals surface area contributed by atoms with Crippen molar-refractivity contribution in [2.75, 3.05) is 0 Å². The Morgan fingerprint density at radius 3 is 0.882 bits per heavy atom. The van der Waals surface area contributed by atoms with Crippen LogP contribution in [0.5, 0.6) is 0 Å². The molecular weight excluding hydrogens is 1930 g/mol. The van der Waals surface area contributed by atoms with Crippen LogP contribution in [0.1, 0.15) is 12.6 Å². The first-order chi connectivity index (χ1) is 43.5. The van der Waals surface area contributed by atoms with E-state index in [1.54, 1.807) is 134 Å². The number of fused-ring (bicyclic) bond motifs is 2. The molecule has 0 N–H and O–H groups in total. The maximum atomic E-state index is 7.65. The molecule has 0 atom stereocenters. The Morgan fingerprint density at radius 2 is 0.553 bits per heavy atom. The standard InChI is InChI=1S/2C15H10N.4C11H8N.5Ir.H2/c2*1-2-7-13(8-3-1)15-14-9-5-4-6-12(14)10-11-16-15;4*1-2-6-10(7-3-1)11-8-4-5-9-12-11;;;;;;/h2*1-7,9-11H;4*1-6,8-9H;;;;;;1H/q6*-1;;;;;;/i2*2D;2D,5D;5D;2*2D;;;;;;1+1D. The van der Waals surface area contributed by atoms with E-state index in [9.17, 15) is 0 Å². The number of hydrogen-bond donors (Lipinski definition) is 0. The zero-order chi connectivity index (χ0) is 62.6. The van der Waals surface area contributed by atoms with E-state index in [1.165, 1.54) is 12.4 Å². The first-order valence-corrected chi connectivity index (χ1v) is 25.3. The van der Waals surface area contributed by atoms with E-state index in [1.807, 2.05) is 115 Å². The summed E-state index contributed by atoms with van der Waals surface area (Å²) in [6, 6.07) is 93.9. The second-order valence-electron chi connectivity index (χ2n) is 16.8. The average molecular weight is 2000 g/mol. The van der Waals surface area contributed by atoms with Crippen LogP contribution in [0.25, 0.3) is 89.1 Å². The number of nitrogens with zero attached hydrogens (tertiary/aromatic N) is 6. The quantitative estimate of drug-likeness (QED) is 0.154.